The van der Waals surface area contributed by atoms with Crippen LogP contribution >= 0.6 is 0 Å². The highest BCUT2D eigenvalue weighted by Crippen LogP contribution is 2.28. The highest BCUT2D eigenvalue weighted by atomic mass is 19.1. The van der Waals surface area contributed by atoms with Gasteiger partial charge in [0.05, 0.1) is 17.8 Å². The number of nitrogens with one attached hydrogen (secondary N) is 2. The van der Waals surface area contributed by atoms with Gasteiger partial charge in [-0.25, -0.2) is 9.37 Å². The maximum Gasteiger partial charge on any atom is 0.256 e. The van der Waals surface area contributed by atoms with Crippen LogP contribution in [0.4, 0.5) is 27.3 Å². The minimum atomic E-state index is -0.455. The monoisotopic (exact) mass is 521 g/mol. The summed E-state index contributed by atoms with van der Waals surface area (Å²) in [6, 6.07) is 26.7. The Morgan fingerprint density at radius 1 is 0.872 bits per heavy atom. The molecule has 1 fully saturated rings. The molecule has 2 aromatic heterocycles. The van der Waals surface area contributed by atoms with E-state index < -0.39 is 5.82 Å². The number of piperidine rings is 1. The maximum absolute atomic E-state index is 13.1. The number of hydrogen-bond donors (Lipinski definition) is 3. The van der Waals surface area contributed by atoms with Crippen LogP contribution in [0.15, 0.2) is 97.3 Å². The lowest BCUT2D eigenvalue weighted by Gasteiger charge is -2.31. The van der Waals surface area contributed by atoms with Gasteiger partial charge in [-0.15, -0.1) is 0 Å². The topological polar surface area (TPSA) is 82.4 Å². The molecule has 1 aliphatic heterocycles. The van der Waals surface area contributed by atoms with Gasteiger partial charge >= 0.3 is 0 Å². The number of anilines is 4. The molecule has 5 aromatic rings. The second kappa shape index (κ2) is 10.6. The average molecular weight is 522 g/mol. The Balaban J connectivity index is 1.13. The van der Waals surface area contributed by atoms with Gasteiger partial charge < -0.3 is 25.2 Å². The number of carbonyl (C=O) groups is 1. The average Bonchev–Trinajstić information content (AvgIpc) is 3.38. The Bertz CT molecular complexity index is 1590. The molecule has 0 aliphatic carbocycles. The van der Waals surface area contributed by atoms with Gasteiger partial charge in [0.25, 0.3) is 5.91 Å². The number of nitrogens with zero attached hydrogens (tertiary/aromatic N) is 3. The second-order valence-electron chi connectivity index (χ2n) is 9.71. The Hall–Kier alpha value is -4.69. The molecule has 0 spiro atoms. The minimum Gasteiger partial charge on any atom is -0.393 e. The Labute approximate surface area is 225 Å². The van der Waals surface area contributed by atoms with Gasteiger partial charge in [0, 0.05) is 53.0 Å². The van der Waals surface area contributed by atoms with Crippen LogP contribution in [0, 0.1) is 5.82 Å². The van der Waals surface area contributed by atoms with E-state index in [1.54, 1.807) is 12.1 Å². The molecule has 1 aliphatic rings. The number of halogens is 1. The van der Waals surface area contributed by atoms with E-state index in [2.05, 4.69) is 73.6 Å². The zero-order valence-corrected chi connectivity index (χ0v) is 21.2. The fourth-order valence-electron chi connectivity index (χ4n) is 4.90. The first-order chi connectivity index (χ1) is 19.0. The van der Waals surface area contributed by atoms with Crippen molar-refractivity contribution in [3.8, 4) is 5.69 Å². The molecule has 0 atom stereocenters. The summed E-state index contributed by atoms with van der Waals surface area (Å²) in [5, 5.41) is 17.0. The summed E-state index contributed by atoms with van der Waals surface area (Å²) in [4.78, 5) is 18.7. The molecule has 1 amide bonds. The quantitative estimate of drug-likeness (QED) is 0.251. The molecule has 6 rings (SSSR count). The van der Waals surface area contributed by atoms with Gasteiger partial charge in [0.2, 0.25) is 0 Å². The van der Waals surface area contributed by atoms with E-state index in [4.69, 9.17) is 0 Å². The van der Waals surface area contributed by atoms with Crippen molar-refractivity contribution in [2.24, 2.45) is 0 Å². The number of rotatable bonds is 6. The van der Waals surface area contributed by atoms with Crippen molar-refractivity contribution < 1.29 is 14.3 Å². The third-order valence-corrected chi connectivity index (χ3v) is 7.05. The molecule has 7 nitrogen and oxygen atoms in total. The third-order valence-electron chi connectivity index (χ3n) is 7.05. The highest BCUT2D eigenvalue weighted by Gasteiger charge is 2.17. The number of fused-ring (bicyclic) bond motifs is 1. The second-order valence-corrected chi connectivity index (χ2v) is 9.71. The lowest BCUT2D eigenvalue weighted by Crippen LogP contribution is -2.35. The summed E-state index contributed by atoms with van der Waals surface area (Å²) >= 11 is 0. The van der Waals surface area contributed by atoms with E-state index in [0.717, 1.165) is 60.1 Å². The zero-order chi connectivity index (χ0) is 26.8. The zero-order valence-electron chi connectivity index (χ0n) is 21.2. The standard InChI is InChI=1S/C31H28FN5O2/c32-23-3-12-30(33-20-23)35-31(39)21-1-7-27(8-2-21)37-18-13-22-19-25(6-11-29(22)37)34-24-4-9-26(10-5-24)36-16-14-28(38)15-17-36/h1-13,18-20,28,34,38H,14-17H2,(H,33,35,39). The van der Waals surface area contributed by atoms with Crippen LogP contribution in [0.3, 0.4) is 0 Å². The van der Waals surface area contributed by atoms with Gasteiger partial charge in [-0.3, -0.25) is 4.79 Å². The van der Waals surface area contributed by atoms with Gasteiger partial charge in [-0.05, 0) is 97.8 Å². The molecule has 8 heteroatoms. The van der Waals surface area contributed by atoms with Crippen LogP contribution in [0.1, 0.15) is 23.2 Å². The predicted octanol–water partition coefficient (Wildman–Crippen LogP) is 6.12. The van der Waals surface area contributed by atoms with E-state index in [9.17, 15) is 14.3 Å². The molecule has 0 saturated carbocycles. The number of hydrogen-bond acceptors (Lipinski definition) is 5. The van der Waals surface area contributed by atoms with E-state index in [1.165, 1.54) is 17.8 Å². The Kier molecular flexibility index (Phi) is 6.69. The van der Waals surface area contributed by atoms with Crippen molar-refractivity contribution in [2.75, 3.05) is 28.6 Å². The number of pyridine rings is 1. The minimum absolute atomic E-state index is 0.176. The highest BCUT2D eigenvalue weighted by molar-refractivity contribution is 6.03. The van der Waals surface area contributed by atoms with Gasteiger partial charge in [-0.1, -0.05) is 0 Å². The molecule has 0 radical (unpaired) electrons. The normalized spacial score (nSPS) is 13.9. The first-order valence-corrected chi connectivity index (χ1v) is 13.0. The number of carbonyl (C=O) groups excluding carboxylic acids is 1. The van der Waals surface area contributed by atoms with E-state index in [0.29, 0.717) is 11.4 Å². The Morgan fingerprint density at radius 3 is 2.31 bits per heavy atom. The molecule has 196 valence electrons. The molecule has 3 aromatic carbocycles. The van der Waals surface area contributed by atoms with E-state index >= 15 is 0 Å². The van der Waals surface area contributed by atoms with Crippen molar-refractivity contribution in [1.82, 2.24) is 9.55 Å². The molecule has 0 unspecified atom stereocenters. The molecular weight excluding hydrogens is 493 g/mol. The lowest BCUT2D eigenvalue weighted by molar-refractivity contribution is 0.102. The van der Waals surface area contributed by atoms with Gasteiger partial charge in [0.15, 0.2) is 0 Å². The fourth-order valence-corrected chi connectivity index (χ4v) is 4.90. The number of aliphatic hydroxyl groups is 1. The van der Waals surface area contributed by atoms with E-state index in [1.807, 2.05) is 18.3 Å². The molecule has 3 N–H and O–H groups in total. The van der Waals surface area contributed by atoms with E-state index in [-0.39, 0.29) is 12.0 Å². The van der Waals surface area contributed by atoms with Crippen LogP contribution in [0.5, 0.6) is 0 Å². The predicted molar refractivity (Wildman–Crippen MR) is 153 cm³/mol. The first-order valence-electron chi connectivity index (χ1n) is 13.0. The molecule has 3 heterocycles. The maximum atomic E-state index is 13.1. The molecule has 1 saturated heterocycles. The number of benzene rings is 3. The van der Waals surface area contributed by atoms with Crippen LogP contribution in [0.2, 0.25) is 0 Å². The Morgan fingerprint density at radius 2 is 1.59 bits per heavy atom. The van der Waals surface area contributed by atoms with Crippen LogP contribution in [-0.2, 0) is 0 Å². The summed E-state index contributed by atoms with van der Waals surface area (Å²) in [6.07, 6.45) is 4.53. The van der Waals surface area contributed by atoms with Crippen molar-refractivity contribution in [3.63, 3.8) is 0 Å². The third kappa shape index (κ3) is 5.46. The summed E-state index contributed by atoms with van der Waals surface area (Å²) < 4.78 is 15.1. The van der Waals surface area contributed by atoms with Crippen molar-refractivity contribution in [1.29, 1.82) is 0 Å². The summed E-state index contributed by atoms with van der Waals surface area (Å²) in [5.41, 5.74) is 5.65. The lowest BCUT2D eigenvalue weighted by atomic mass is 10.1. The van der Waals surface area contributed by atoms with Crippen LogP contribution in [-0.4, -0.2) is 39.8 Å². The van der Waals surface area contributed by atoms with Gasteiger partial charge in [-0.2, -0.15) is 0 Å². The molecule has 39 heavy (non-hydrogen) atoms. The molecular formula is C31H28FN5O2. The van der Waals surface area contributed by atoms with Crippen LogP contribution < -0.4 is 15.5 Å². The fraction of sp³-hybridized carbons (Fsp3) is 0.161. The number of aromatic nitrogens is 2. The van der Waals surface area contributed by atoms with Crippen molar-refractivity contribution >= 4 is 39.7 Å². The van der Waals surface area contributed by atoms with Crippen molar-refractivity contribution in [2.45, 2.75) is 18.9 Å². The number of aliphatic hydroxyl groups excluding tert-OH is 1. The summed E-state index contributed by atoms with van der Waals surface area (Å²) in [6.45, 7) is 1.76. The summed E-state index contributed by atoms with van der Waals surface area (Å²) in [5.74, 6) is -0.467. The summed E-state index contributed by atoms with van der Waals surface area (Å²) in [7, 11) is 0. The SMILES string of the molecule is O=C(Nc1ccc(F)cn1)c1ccc(-n2ccc3cc(Nc4ccc(N5CCC(O)CC5)cc4)ccc32)cc1. The van der Waals surface area contributed by atoms with Crippen molar-refractivity contribution in [3.05, 3.63) is 109 Å². The largest absolute Gasteiger partial charge is 0.393 e. The first kappa shape index (κ1) is 24.6. The smallest absolute Gasteiger partial charge is 0.256 e. The number of amides is 1. The van der Waals surface area contributed by atoms with Crippen LogP contribution in [0.25, 0.3) is 16.6 Å². The molecule has 0 bridgehead atoms. The van der Waals surface area contributed by atoms with Gasteiger partial charge in [0.1, 0.15) is 11.6 Å².